The molecule has 0 aromatic carbocycles. The zero-order valence-electron chi connectivity index (χ0n) is 18.1. The second kappa shape index (κ2) is 10.3. The third kappa shape index (κ3) is 5.25. The quantitative estimate of drug-likeness (QED) is 0.375. The van der Waals surface area contributed by atoms with Gasteiger partial charge in [0.05, 0.1) is 11.3 Å². The monoisotopic (exact) mass is 416 g/mol. The molecule has 3 aromatic heterocycles. The summed E-state index contributed by atoms with van der Waals surface area (Å²) in [6, 6.07) is 5.74. The molecule has 0 saturated carbocycles. The van der Waals surface area contributed by atoms with Gasteiger partial charge in [-0.3, -0.25) is 9.78 Å². The summed E-state index contributed by atoms with van der Waals surface area (Å²) < 4.78 is 0. The van der Waals surface area contributed by atoms with Crippen molar-refractivity contribution in [2.75, 3.05) is 18.1 Å². The van der Waals surface area contributed by atoms with Gasteiger partial charge in [0.25, 0.3) is 5.91 Å². The summed E-state index contributed by atoms with van der Waals surface area (Å²) in [5, 5.41) is 7.35. The number of amides is 1. The SMILES string of the molecule is CCC/C=C\C(=C/NC)C(=O)Nc1cc2cc(-c3cnccc3CC)nc(N)c2cn1. The Bertz CT molecular complexity index is 1140. The van der Waals surface area contributed by atoms with Crippen LogP contribution in [-0.4, -0.2) is 27.9 Å². The van der Waals surface area contributed by atoms with Crippen LogP contribution in [-0.2, 0) is 11.2 Å². The van der Waals surface area contributed by atoms with Crippen molar-refractivity contribution in [3.63, 3.8) is 0 Å². The van der Waals surface area contributed by atoms with Gasteiger partial charge in [-0.25, -0.2) is 9.97 Å². The van der Waals surface area contributed by atoms with E-state index >= 15 is 0 Å². The van der Waals surface area contributed by atoms with Crippen LogP contribution < -0.4 is 16.4 Å². The first-order valence-corrected chi connectivity index (χ1v) is 10.4. The first kappa shape index (κ1) is 22.0. The normalized spacial score (nSPS) is 11.8. The van der Waals surface area contributed by atoms with E-state index in [0.29, 0.717) is 17.2 Å². The molecule has 0 saturated heterocycles. The standard InChI is InChI=1S/C24H28N6O/c1-4-6-7-8-17(13-26-3)24(31)30-22-12-18-11-21(29-23(25)20(18)15-28-22)19-14-27-10-9-16(19)5-2/h7-15,26H,4-6H2,1-3H3,(H2,25,29)(H,28,30,31)/b8-7-,17-13+. The molecule has 0 aliphatic heterocycles. The van der Waals surface area contributed by atoms with Gasteiger partial charge in [0.2, 0.25) is 0 Å². The highest BCUT2D eigenvalue weighted by atomic mass is 16.1. The number of pyridine rings is 3. The molecule has 3 aromatic rings. The number of nitrogens with two attached hydrogens (primary N) is 1. The lowest BCUT2D eigenvalue weighted by Crippen LogP contribution is -2.16. The lowest BCUT2D eigenvalue weighted by molar-refractivity contribution is -0.112. The van der Waals surface area contributed by atoms with Crippen molar-refractivity contribution in [2.45, 2.75) is 33.1 Å². The number of nitrogen functional groups attached to an aromatic ring is 1. The van der Waals surface area contributed by atoms with E-state index in [9.17, 15) is 4.79 Å². The fraction of sp³-hybridized carbons (Fsp3) is 0.250. The molecule has 0 aliphatic carbocycles. The van der Waals surface area contributed by atoms with Gasteiger partial charge in [-0.15, -0.1) is 0 Å². The fourth-order valence-electron chi connectivity index (χ4n) is 3.25. The second-order valence-corrected chi connectivity index (χ2v) is 7.10. The highest BCUT2D eigenvalue weighted by Crippen LogP contribution is 2.29. The number of anilines is 2. The summed E-state index contributed by atoms with van der Waals surface area (Å²) in [6.45, 7) is 4.18. The molecule has 0 fully saturated rings. The van der Waals surface area contributed by atoms with Gasteiger partial charge < -0.3 is 16.4 Å². The zero-order valence-corrected chi connectivity index (χ0v) is 18.1. The minimum Gasteiger partial charge on any atom is -0.393 e. The van der Waals surface area contributed by atoms with Crippen LogP contribution in [0.3, 0.4) is 0 Å². The maximum atomic E-state index is 12.7. The number of nitrogens with zero attached hydrogens (tertiary/aromatic N) is 3. The van der Waals surface area contributed by atoms with Crippen LogP contribution in [0.5, 0.6) is 0 Å². The van der Waals surface area contributed by atoms with Crippen LogP contribution in [0.4, 0.5) is 11.6 Å². The summed E-state index contributed by atoms with van der Waals surface area (Å²) in [6.07, 6.45) is 13.5. The zero-order chi connectivity index (χ0) is 22.2. The third-order valence-electron chi connectivity index (χ3n) is 4.87. The Kier molecular flexibility index (Phi) is 7.32. The highest BCUT2D eigenvalue weighted by molar-refractivity contribution is 6.06. The number of carbonyl (C=O) groups excluding carboxylic acids is 1. The Hall–Kier alpha value is -3.74. The van der Waals surface area contributed by atoms with Crippen LogP contribution in [0, 0.1) is 0 Å². The number of aryl methyl sites for hydroxylation is 1. The number of nitrogens with one attached hydrogen (secondary N) is 2. The number of hydrogen-bond donors (Lipinski definition) is 3. The number of unbranched alkanes of at least 4 members (excludes halogenated alkanes) is 1. The van der Waals surface area contributed by atoms with Crippen molar-refractivity contribution in [1.29, 1.82) is 0 Å². The summed E-state index contributed by atoms with van der Waals surface area (Å²) in [5.74, 6) is 0.597. The molecule has 0 aliphatic rings. The van der Waals surface area contributed by atoms with E-state index in [1.54, 1.807) is 31.8 Å². The lowest BCUT2D eigenvalue weighted by Gasteiger charge is -2.11. The summed E-state index contributed by atoms with van der Waals surface area (Å²) in [5.41, 5.74) is 9.57. The number of hydrogen-bond acceptors (Lipinski definition) is 6. The molecule has 3 heterocycles. The predicted octanol–water partition coefficient (Wildman–Crippen LogP) is 4.23. The van der Waals surface area contributed by atoms with E-state index in [1.807, 2.05) is 30.4 Å². The molecule has 7 heteroatoms. The van der Waals surface area contributed by atoms with Crippen molar-refractivity contribution in [2.24, 2.45) is 0 Å². The van der Waals surface area contributed by atoms with Crippen LogP contribution in [0.25, 0.3) is 22.0 Å². The Balaban J connectivity index is 1.94. The molecule has 0 bridgehead atoms. The van der Waals surface area contributed by atoms with Gasteiger partial charge in [-0.1, -0.05) is 32.4 Å². The van der Waals surface area contributed by atoms with Crippen LogP contribution in [0.1, 0.15) is 32.3 Å². The molecular formula is C24H28N6O. The van der Waals surface area contributed by atoms with E-state index < -0.39 is 0 Å². The van der Waals surface area contributed by atoms with Crippen molar-refractivity contribution in [3.05, 3.63) is 66.3 Å². The van der Waals surface area contributed by atoms with Crippen molar-refractivity contribution in [1.82, 2.24) is 20.3 Å². The number of fused-ring (bicyclic) bond motifs is 1. The summed E-state index contributed by atoms with van der Waals surface area (Å²) in [4.78, 5) is 25.8. The molecule has 0 unspecified atom stereocenters. The van der Waals surface area contributed by atoms with Gasteiger partial charge >= 0.3 is 0 Å². The minimum atomic E-state index is -0.240. The summed E-state index contributed by atoms with van der Waals surface area (Å²) in [7, 11) is 1.76. The Morgan fingerprint density at radius 1 is 1.23 bits per heavy atom. The van der Waals surface area contributed by atoms with E-state index in [2.05, 4.69) is 39.4 Å². The molecule has 0 spiro atoms. The van der Waals surface area contributed by atoms with Gasteiger partial charge in [0, 0.05) is 42.8 Å². The van der Waals surface area contributed by atoms with E-state index in [4.69, 9.17) is 5.73 Å². The third-order valence-corrected chi connectivity index (χ3v) is 4.87. The molecule has 0 radical (unpaired) electrons. The largest absolute Gasteiger partial charge is 0.393 e. The minimum absolute atomic E-state index is 0.240. The van der Waals surface area contributed by atoms with Gasteiger partial charge in [-0.05, 0) is 42.0 Å². The van der Waals surface area contributed by atoms with Gasteiger partial charge in [0.1, 0.15) is 11.6 Å². The summed E-state index contributed by atoms with van der Waals surface area (Å²) >= 11 is 0. The maximum absolute atomic E-state index is 12.7. The molecule has 4 N–H and O–H groups in total. The van der Waals surface area contributed by atoms with Crippen molar-refractivity contribution in [3.8, 4) is 11.3 Å². The number of allylic oxidation sites excluding steroid dienone is 1. The van der Waals surface area contributed by atoms with Crippen molar-refractivity contribution >= 4 is 28.3 Å². The van der Waals surface area contributed by atoms with Crippen LogP contribution >= 0.6 is 0 Å². The molecule has 1 amide bonds. The van der Waals surface area contributed by atoms with E-state index in [0.717, 1.165) is 46.9 Å². The van der Waals surface area contributed by atoms with Crippen molar-refractivity contribution < 1.29 is 4.79 Å². The molecule has 31 heavy (non-hydrogen) atoms. The molecule has 7 nitrogen and oxygen atoms in total. The predicted molar refractivity (Wildman–Crippen MR) is 126 cm³/mol. The van der Waals surface area contributed by atoms with Gasteiger partial charge in [0.15, 0.2) is 0 Å². The van der Waals surface area contributed by atoms with Gasteiger partial charge in [-0.2, -0.15) is 0 Å². The first-order chi connectivity index (χ1) is 15.1. The average Bonchev–Trinajstić information content (AvgIpc) is 2.78. The Labute approximate surface area is 182 Å². The average molecular weight is 417 g/mol. The number of aromatic nitrogens is 3. The fourth-order valence-corrected chi connectivity index (χ4v) is 3.25. The maximum Gasteiger partial charge on any atom is 0.258 e. The smallest absolute Gasteiger partial charge is 0.258 e. The highest BCUT2D eigenvalue weighted by Gasteiger charge is 2.12. The van der Waals surface area contributed by atoms with E-state index in [1.165, 1.54) is 0 Å². The van der Waals surface area contributed by atoms with Crippen LogP contribution in [0.2, 0.25) is 0 Å². The van der Waals surface area contributed by atoms with E-state index in [-0.39, 0.29) is 5.91 Å². The second-order valence-electron chi connectivity index (χ2n) is 7.10. The molecule has 160 valence electrons. The Morgan fingerprint density at radius 2 is 2.06 bits per heavy atom. The number of carbonyl (C=O) groups is 1. The molecule has 3 rings (SSSR count). The first-order valence-electron chi connectivity index (χ1n) is 10.4. The lowest BCUT2D eigenvalue weighted by atomic mass is 10.0. The molecule has 0 atom stereocenters. The number of rotatable bonds is 8. The van der Waals surface area contributed by atoms with Crippen LogP contribution in [0.15, 0.2) is 60.7 Å². The topological polar surface area (TPSA) is 106 Å². The Morgan fingerprint density at radius 3 is 2.81 bits per heavy atom. The molecular weight excluding hydrogens is 388 g/mol.